The van der Waals surface area contributed by atoms with Crippen LogP contribution in [-0.4, -0.2) is 29.6 Å². The van der Waals surface area contributed by atoms with Gasteiger partial charge in [-0.3, -0.25) is 4.31 Å². The summed E-state index contributed by atoms with van der Waals surface area (Å²) in [6.45, 7) is 0.380. The maximum atomic E-state index is 12.9. The molecule has 24 heavy (non-hydrogen) atoms. The lowest BCUT2D eigenvalue weighted by Gasteiger charge is -2.30. The van der Waals surface area contributed by atoms with E-state index in [4.69, 9.17) is 11.6 Å². The Morgan fingerprint density at radius 2 is 1.58 bits per heavy atom. The number of nitrogens with zero attached hydrogens (tertiary/aromatic N) is 1. The third kappa shape index (κ3) is 3.16. The molecule has 0 unspecified atom stereocenters. The van der Waals surface area contributed by atoms with Crippen LogP contribution >= 0.6 is 11.6 Å². The van der Waals surface area contributed by atoms with E-state index < -0.39 is 19.9 Å². The van der Waals surface area contributed by atoms with E-state index in [2.05, 4.69) is 0 Å². The Bertz CT molecular complexity index is 983. The van der Waals surface area contributed by atoms with Crippen molar-refractivity contribution in [2.24, 2.45) is 0 Å². The van der Waals surface area contributed by atoms with Crippen LogP contribution in [0.1, 0.15) is 12.0 Å². The van der Waals surface area contributed by atoms with Crippen LogP contribution in [0.5, 0.6) is 0 Å². The molecule has 0 aliphatic carbocycles. The fraction of sp³-hybridized carbons (Fsp3) is 0.250. The molecule has 0 atom stereocenters. The van der Waals surface area contributed by atoms with Crippen molar-refractivity contribution in [1.82, 2.24) is 0 Å². The molecule has 0 fully saturated rings. The minimum atomic E-state index is -3.76. The van der Waals surface area contributed by atoms with Crippen molar-refractivity contribution >= 4 is 37.1 Å². The van der Waals surface area contributed by atoms with E-state index >= 15 is 0 Å². The fourth-order valence-electron chi connectivity index (χ4n) is 2.77. The van der Waals surface area contributed by atoms with Gasteiger partial charge in [-0.2, -0.15) is 0 Å². The van der Waals surface area contributed by atoms with Crippen molar-refractivity contribution in [3.05, 3.63) is 53.1 Å². The molecule has 0 saturated carbocycles. The highest BCUT2D eigenvalue weighted by Gasteiger charge is 2.29. The number of sulfonamides is 1. The van der Waals surface area contributed by atoms with Crippen molar-refractivity contribution in [1.29, 1.82) is 0 Å². The van der Waals surface area contributed by atoms with E-state index in [9.17, 15) is 16.8 Å². The first-order valence-electron chi connectivity index (χ1n) is 7.31. The third-order valence-electron chi connectivity index (χ3n) is 3.96. The highest BCUT2D eigenvalue weighted by atomic mass is 35.5. The lowest BCUT2D eigenvalue weighted by Crippen LogP contribution is -2.35. The van der Waals surface area contributed by atoms with Gasteiger partial charge in [0.2, 0.25) is 0 Å². The molecule has 0 aromatic heterocycles. The smallest absolute Gasteiger partial charge is 0.264 e. The van der Waals surface area contributed by atoms with Gasteiger partial charge in [0, 0.05) is 17.8 Å². The molecular weight excluding hydrogens is 370 g/mol. The van der Waals surface area contributed by atoms with Crippen molar-refractivity contribution in [3.8, 4) is 0 Å². The molecule has 0 radical (unpaired) electrons. The topological polar surface area (TPSA) is 71.5 Å². The second-order valence-electron chi connectivity index (χ2n) is 5.70. The molecule has 3 rings (SSSR count). The molecule has 0 saturated heterocycles. The first-order valence-corrected chi connectivity index (χ1v) is 11.0. The van der Waals surface area contributed by atoms with E-state index in [0.29, 0.717) is 23.7 Å². The van der Waals surface area contributed by atoms with Crippen LogP contribution in [0.3, 0.4) is 0 Å². The molecule has 1 aliphatic heterocycles. The van der Waals surface area contributed by atoms with Crippen LogP contribution in [0.15, 0.2) is 52.3 Å². The highest BCUT2D eigenvalue weighted by Crippen LogP contribution is 2.33. The van der Waals surface area contributed by atoms with Crippen molar-refractivity contribution in [3.63, 3.8) is 0 Å². The van der Waals surface area contributed by atoms with E-state index in [-0.39, 0.29) is 9.79 Å². The van der Waals surface area contributed by atoms with Crippen molar-refractivity contribution in [2.75, 3.05) is 17.1 Å². The van der Waals surface area contributed by atoms with E-state index in [1.807, 2.05) is 0 Å². The number of hydrogen-bond donors (Lipinski definition) is 0. The number of halogens is 1. The van der Waals surface area contributed by atoms with Gasteiger partial charge in [-0.25, -0.2) is 16.8 Å². The highest BCUT2D eigenvalue weighted by molar-refractivity contribution is 7.93. The molecule has 2 aromatic rings. The molecule has 1 aliphatic rings. The Kier molecular flexibility index (Phi) is 4.36. The second kappa shape index (κ2) is 6.06. The van der Waals surface area contributed by atoms with Gasteiger partial charge < -0.3 is 0 Å². The summed E-state index contributed by atoms with van der Waals surface area (Å²) in [7, 11) is -7.12. The molecule has 0 N–H and O–H groups in total. The van der Waals surface area contributed by atoms with Crippen molar-refractivity contribution < 1.29 is 16.8 Å². The van der Waals surface area contributed by atoms with Crippen LogP contribution in [0.2, 0.25) is 5.02 Å². The largest absolute Gasteiger partial charge is 0.266 e. The summed E-state index contributed by atoms with van der Waals surface area (Å²) in [6.07, 6.45) is 2.56. The minimum Gasteiger partial charge on any atom is -0.266 e. The summed E-state index contributed by atoms with van der Waals surface area (Å²) in [4.78, 5) is 0.157. The Hall–Kier alpha value is -1.57. The summed E-state index contributed by atoms with van der Waals surface area (Å²) < 4.78 is 50.3. The quantitative estimate of drug-likeness (QED) is 0.814. The number of hydrogen-bond acceptors (Lipinski definition) is 4. The fourth-order valence-corrected chi connectivity index (χ4v) is 5.13. The van der Waals surface area contributed by atoms with Gasteiger partial charge in [-0.05, 0) is 60.9 Å². The third-order valence-corrected chi connectivity index (χ3v) is 7.15. The maximum absolute atomic E-state index is 12.9. The summed E-state index contributed by atoms with van der Waals surface area (Å²) >= 11 is 5.99. The predicted molar refractivity (Wildman–Crippen MR) is 93.9 cm³/mol. The number of aryl methyl sites for hydroxylation is 1. The zero-order valence-corrected chi connectivity index (χ0v) is 15.3. The molecule has 0 amide bonds. The lowest BCUT2D eigenvalue weighted by molar-refractivity contribution is 0.585. The van der Waals surface area contributed by atoms with Crippen LogP contribution in [-0.2, 0) is 26.3 Å². The van der Waals surface area contributed by atoms with Crippen LogP contribution in [0, 0.1) is 0 Å². The average Bonchev–Trinajstić information content (AvgIpc) is 2.53. The van der Waals surface area contributed by atoms with Crippen LogP contribution < -0.4 is 4.31 Å². The normalized spacial score (nSPS) is 15.2. The molecule has 1 heterocycles. The number of anilines is 1. The van der Waals surface area contributed by atoms with Gasteiger partial charge >= 0.3 is 0 Å². The van der Waals surface area contributed by atoms with E-state index in [0.717, 1.165) is 18.2 Å². The van der Waals surface area contributed by atoms with Crippen molar-refractivity contribution in [2.45, 2.75) is 22.6 Å². The van der Waals surface area contributed by atoms with E-state index in [1.165, 1.54) is 28.6 Å². The van der Waals surface area contributed by atoms with Crippen LogP contribution in [0.25, 0.3) is 0 Å². The molecular formula is C16H16ClNO4S2. The molecule has 128 valence electrons. The minimum absolute atomic E-state index is 0.0673. The number of sulfone groups is 1. The summed E-state index contributed by atoms with van der Waals surface area (Å²) in [5, 5.41) is 0.575. The van der Waals surface area contributed by atoms with Gasteiger partial charge in [-0.15, -0.1) is 0 Å². The van der Waals surface area contributed by atoms with Gasteiger partial charge in [-0.1, -0.05) is 11.6 Å². The number of rotatable bonds is 3. The van der Waals surface area contributed by atoms with Gasteiger partial charge in [0.05, 0.1) is 15.5 Å². The summed E-state index contributed by atoms with van der Waals surface area (Å²) in [6, 6.07) is 10.4. The van der Waals surface area contributed by atoms with Gasteiger partial charge in [0.25, 0.3) is 10.0 Å². The molecule has 0 spiro atoms. The van der Waals surface area contributed by atoms with Crippen LogP contribution in [0.4, 0.5) is 5.69 Å². The lowest BCUT2D eigenvalue weighted by atomic mass is 10.0. The van der Waals surface area contributed by atoms with Gasteiger partial charge in [0.15, 0.2) is 9.84 Å². The first kappa shape index (κ1) is 17.3. The summed E-state index contributed by atoms with van der Waals surface area (Å²) in [5.74, 6) is 0. The SMILES string of the molecule is CS(=O)(=O)c1ccc(S(=O)(=O)N2CCCc3cc(Cl)ccc32)cc1. The number of fused-ring (bicyclic) bond motifs is 1. The zero-order chi connectivity index (χ0) is 17.5. The number of benzene rings is 2. The zero-order valence-electron chi connectivity index (χ0n) is 12.9. The maximum Gasteiger partial charge on any atom is 0.264 e. The van der Waals surface area contributed by atoms with E-state index in [1.54, 1.807) is 18.2 Å². The van der Waals surface area contributed by atoms with Gasteiger partial charge in [0.1, 0.15) is 0 Å². The summed E-state index contributed by atoms with van der Waals surface area (Å²) in [5.41, 5.74) is 1.52. The second-order valence-corrected chi connectivity index (χ2v) is 10.0. The monoisotopic (exact) mass is 385 g/mol. The average molecular weight is 386 g/mol. The Morgan fingerprint density at radius 1 is 0.958 bits per heavy atom. The molecule has 0 bridgehead atoms. The predicted octanol–water partition coefficient (Wildman–Crippen LogP) is 2.89. The molecule has 8 heteroatoms. The Balaban J connectivity index is 2.03. The first-order chi connectivity index (χ1) is 11.2. The molecule has 5 nitrogen and oxygen atoms in total. The Morgan fingerprint density at radius 3 is 2.21 bits per heavy atom. The Labute approximate surface area is 146 Å². The standard InChI is InChI=1S/C16H16ClNO4S2/c1-23(19,20)14-5-7-15(8-6-14)24(21,22)18-10-2-3-12-11-13(17)4-9-16(12)18/h4-9,11H,2-3,10H2,1H3. The molecule has 2 aromatic carbocycles.